The zero-order valence-electron chi connectivity index (χ0n) is 12.3. The molecule has 20 heavy (non-hydrogen) atoms. The molecule has 1 fully saturated rings. The van der Waals surface area contributed by atoms with E-state index in [0.29, 0.717) is 11.4 Å². The van der Waals surface area contributed by atoms with E-state index < -0.39 is 0 Å². The van der Waals surface area contributed by atoms with E-state index in [-0.39, 0.29) is 30.3 Å². The van der Waals surface area contributed by atoms with Gasteiger partial charge in [0.2, 0.25) is 0 Å². The summed E-state index contributed by atoms with van der Waals surface area (Å²) >= 11 is 0. The van der Waals surface area contributed by atoms with E-state index in [0.717, 1.165) is 31.6 Å². The molecule has 0 aliphatic carbocycles. The van der Waals surface area contributed by atoms with Gasteiger partial charge in [0, 0.05) is 25.3 Å². The van der Waals surface area contributed by atoms with Crippen molar-refractivity contribution in [2.24, 2.45) is 5.73 Å². The lowest BCUT2D eigenvalue weighted by Gasteiger charge is -2.30. The number of hydrogen-bond donors (Lipinski definition) is 1. The van der Waals surface area contributed by atoms with Gasteiger partial charge >= 0.3 is 0 Å². The van der Waals surface area contributed by atoms with Gasteiger partial charge in [-0.1, -0.05) is 13.8 Å². The molecule has 1 aromatic rings. The molecule has 0 saturated carbocycles. The van der Waals surface area contributed by atoms with Crippen LogP contribution in [0.15, 0.2) is 6.20 Å². The molecule has 0 bridgehead atoms. The molecule has 0 aromatic carbocycles. The van der Waals surface area contributed by atoms with Crippen LogP contribution in [-0.4, -0.2) is 39.9 Å². The van der Waals surface area contributed by atoms with Crippen LogP contribution in [0, 0.1) is 6.92 Å². The van der Waals surface area contributed by atoms with E-state index in [2.05, 4.69) is 9.97 Å². The number of aryl methyl sites for hydroxylation is 1. The Bertz CT molecular complexity index is 470. The Kier molecular flexibility index (Phi) is 5.89. The minimum absolute atomic E-state index is 0. The van der Waals surface area contributed by atoms with E-state index in [1.165, 1.54) is 0 Å². The summed E-state index contributed by atoms with van der Waals surface area (Å²) in [5.74, 6) is 0.962. The Morgan fingerprint density at radius 1 is 1.40 bits per heavy atom. The predicted molar refractivity (Wildman–Crippen MR) is 81.2 cm³/mol. The summed E-state index contributed by atoms with van der Waals surface area (Å²) in [5, 5.41) is 0. The van der Waals surface area contributed by atoms with E-state index in [1.54, 1.807) is 6.20 Å². The maximum Gasteiger partial charge on any atom is 0.257 e. The number of aromatic nitrogens is 2. The van der Waals surface area contributed by atoms with E-state index in [9.17, 15) is 4.79 Å². The number of likely N-dealkylation sites (tertiary alicyclic amines) is 1. The number of hydrogen-bond acceptors (Lipinski definition) is 4. The first-order valence-corrected chi connectivity index (χ1v) is 6.87. The first kappa shape index (κ1) is 16.9. The normalized spacial score (nSPS) is 16.1. The zero-order valence-corrected chi connectivity index (χ0v) is 13.1. The molecule has 5 nitrogen and oxygen atoms in total. The summed E-state index contributed by atoms with van der Waals surface area (Å²) in [5.41, 5.74) is 7.35. The van der Waals surface area contributed by atoms with Gasteiger partial charge in [-0.15, -0.1) is 12.4 Å². The third-order valence-electron chi connectivity index (χ3n) is 3.54. The van der Waals surface area contributed by atoms with Crippen molar-refractivity contribution in [1.82, 2.24) is 14.9 Å². The van der Waals surface area contributed by atoms with Gasteiger partial charge in [0.05, 0.1) is 11.3 Å². The maximum atomic E-state index is 12.5. The molecule has 1 aliphatic rings. The van der Waals surface area contributed by atoms with E-state index >= 15 is 0 Å². The van der Waals surface area contributed by atoms with Gasteiger partial charge in [-0.2, -0.15) is 0 Å². The first-order valence-electron chi connectivity index (χ1n) is 6.87. The number of nitrogens with two attached hydrogens (primary N) is 1. The van der Waals surface area contributed by atoms with Crippen molar-refractivity contribution in [1.29, 1.82) is 0 Å². The first-order chi connectivity index (χ1) is 8.99. The smallest absolute Gasteiger partial charge is 0.257 e. The lowest BCUT2D eigenvalue weighted by Crippen LogP contribution is -2.43. The number of nitrogens with zero attached hydrogens (tertiary/aromatic N) is 3. The fourth-order valence-electron chi connectivity index (χ4n) is 2.37. The van der Waals surface area contributed by atoms with Gasteiger partial charge in [0.1, 0.15) is 5.82 Å². The standard InChI is InChI=1S/C14H22N4O.ClH/c1-9(2)13-12(8-16-10(3)17-13)14(19)18-6-4-11(15)5-7-18;/h8-9,11H,4-7,15H2,1-3H3;1H. The molecular formula is C14H23ClN4O. The lowest BCUT2D eigenvalue weighted by molar-refractivity contribution is 0.0712. The van der Waals surface area contributed by atoms with Crippen LogP contribution in [0.4, 0.5) is 0 Å². The molecule has 1 saturated heterocycles. The van der Waals surface area contributed by atoms with Crippen LogP contribution in [0.25, 0.3) is 0 Å². The molecule has 112 valence electrons. The number of piperidine rings is 1. The van der Waals surface area contributed by atoms with Crippen LogP contribution in [0.5, 0.6) is 0 Å². The summed E-state index contributed by atoms with van der Waals surface area (Å²) in [7, 11) is 0. The highest BCUT2D eigenvalue weighted by atomic mass is 35.5. The zero-order chi connectivity index (χ0) is 14.0. The van der Waals surface area contributed by atoms with Crippen molar-refractivity contribution in [2.45, 2.75) is 45.6 Å². The highest BCUT2D eigenvalue weighted by molar-refractivity contribution is 5.95. The van der Waals surface area contributed by atoms with Crippen molar-refractivity contribution >= 4 is 18.3 Å². The molecule has 6 heteroatoms. The maximum absolute atomic E-state index is 12.5. The third kappa shape index (κ3) is 3.67. The highest BCUT2D eigenvalue weighted by Gasteiger charge is 2.25. The van der Waals surface area contributed by atoms with Crippen molar-refractivity contribution in [3.63, 3.8) is 0 Å². The second-order valence-corrected chi connectivity index (χ2v) is 5.50. The molecule has 2 rings (SSSR count). The average molecular weight is 299 g/mol. The predicted octanol–water partition coefficient (Wildman–Crippen LogP) is 1.89. The number of carbonyl (C=O) groups excluding carboxylic acids is 1. The van der Waals surface area contributed by atoms with Crippen molar-refractivity contribution in [3.8, 4) is 0 Å². The minimum Gasteiger partial charge on any atom is -0.338 e. The van der Waals surface area contributed by atoms with Gasteiger partial charge in [-0.25, -0.2) is 9.97 Å². The monoisotopic (exact) mass is 298 g/mol. The summed E-state index contributed by atoms with van der Waals surface area (Å²) in [6, 6.07) is 0.225. The van der Waals surface area contributed by atoms with Gasteiger partial charge < -0.3 is 10.6 Å². The molecule has 0 unspecified atom stereocenters. The number of carbonyl (C=O) groups is 1. The van der Waals surface area contributed by atoms with Crippen LogP contribution in [0.1, 0.15) is 54.5 Å². The molecule has 1 amide bonds. The Morgan fingerprint density at radius 3 is 2.55 bits per heavy atom. The fraction of sp³-hybridized carbons (Fsp3) is 0.643. The summed E-state index contributed by atoms with van der Waals surface area (Å²) in [6.07, 6.45) is 3.40. The summed E-state index contributed by atoms with van der Waals surface area (Å²) in [4.78, 5) is 23.0. The SMILES string of the molecule is Cc1ncc(C(=O)N2CCC(N)CC2)c(C(C)C)n1.Cl. The second-order valence-electron chi connectivity index (χ2n) is 5.50. The Hall–Kier alpha value is -1.20. The highest BCUT2D eigenvalue weighted by Crippen LogP contribution is 2.20. The van der Waals surface area contributed by atoms with Crippen molar-refractivity contribution in [2.75, 3.05) is 13.1 Å². The molecular weight excluding hydrogens is 276 g/mol. The van der Waals surface area contributed by atoms with E-state index in [4.69, 9.17) is 5.73 Å². The van der Waals surface area contributed by atoms with Gasteiger partial charge in [0.15, 0.2) is 0 Å². The minimum atomic E-state index is 0. The van der Waals surface area contributed by atoms with Crippen LogP contribution in [0.3, 0.4) is 0 Å². The van der Waals surface area contributed by atoms with Crippen LogP contribution >= 0.6 is 12.4 Å². The van der Waals surface area contributed by atoms with Crippen LogP contribution in [0.2, 0.25) is 0 Å². The Labute approximate surface area is 126 Å². The van der Waals surface area contributed by atoms with Gasteiger partial charge in [0.25, 0.3) is 5.91 Å². The molecule has 2 heterocycles. The van der Waals surface area contributed by atoms with Crippen molar-refractivity contribution in [3.05, 3.63) is 23.3 Å². The number of halogens is 1. The fourth-order valence-corrected chi connectivity index (χ4v) is 2.37. The quantitative estimate of drug-likeness (QED) is 0.905. The summed E-state index contributed by atoms with van der Waals surface area (Å²) < 4.78 is 0. The van der Waals surface area contributed by atoms with Crippen LogP contribution in [-0.2, 0) is 0 Å². The summed E-state index contributed by atoms with van der Waals surface area (Å²) in [6.45, 7) is 7.40. The molecule has 0 atom stereocenters. The lowest BCUT2D eigenvalue weighted by atomic mass is 10.0. The van der Waals surface area contributed by atoms with Gasteiger partial charge in [-0.3, -0.25) is 4.79 Å². The average Bonchev–Trinajstić information content (AvgIpc) is 2.38. The number of amides is 1. The Balaban J connectivity index is 0.00000200. The molecule has 2 N–H and O–H groups in total. The Morgan fingerprint density at radius 2 is 2.00 bits per heavy atom. The largest absolute Gasteiger partial charge is 0.338 e. The van der Waals surface area contributed by atoms with Crippen molar-refractivity contribution < 1.29 is 4.79 Å². The molecule has 0 radical (unpaired) electrons. The molecule has 0 spiro atoms. The topological polar surface area (TPSA) is 72.1 Å². The van der Waals surface area contributed by atoms with E-state index in [1.807, 2.05) is 25.7 Å². The second kappa shape index (κ2) is 6.99. The van der Waals surface area contributed by atoms with Crippen LogP contribution < -0.4 is 5.73 Å². The third-order valence-corrected chi connectivity index (χ3v) is 3.54. The van der Waals surface area contributed by atoms with Gasteiger partial charge in [-0.05, 0) is 25.7 Å². The number of rotatable bonds is 2. The molecule has 1 aromatic heterocycles. The molecule has 1 aliphatic heterocycles.